The van der Waals surface area contributed by atoms with Crippen LogP contribution in [-0.2, 0) is 11.2 Å². The predicted molar refractivity (Wildman–Crippen MR) is 90.5 cm³/mol. The molecule has 0 aliphatic carbocycles. The van der Waals surface area contributed by atoms with Gasteiger partial charge in [-0.3, -0.25) is 14.7 Å². The number of hydrogen-bond donors (Lipinski definition) is 3. The Bertz CT molecular complexity index is 591. The molecule has 0 bridgehead atoms. The Morgan fingerprint density at radius 2 is 1.83 bits per heavy atom. The largest absolute Gasteiger partial charge is 0.494 e. The second kappa shape index (κ2) is 9.89. The molecule has 1 amide bonds. The number of rotatable bonds is 9. The molecule has 3 N–H and O–H groups in total. The van der Waals surface area contributed by atoms with Gasteiger partial charge < -0.3 is 4.74 Å². The van der Waals surface area contributed by atoms with Gasteiger partial charge in [-0.1, -0.05) is 30.3 Å². The highest BCUT2D eigenvalue weighted by atomic mass is 32.2. The topological polar surface area (TPSA) is 70.6 Å². The molecule has 122 valence electrons. The first-order valence-electron chi connectivity index (χ1n) is 7.37. The van der Waals surface area contributed by atoms with Gasteiger partial charge in [-0.25, -0.2) is 5.48 Å². The smallest absolute Gasteiger partial charge is 0.247 e. The number of benzene rings is 2. The molecule has 0 aliphatic rings. The zero-order valence-corrected chi connectivity index (χ0v) is 13.5. The zero-order valence-electron chi connectivity index (χ0n) is 12.7. The van der Waals surface area contributed by atoms with E-state index >= 15 is 0 Å². The van der Waals surface area contributed by atoms with E-state index in [1.54, 1.807) is 17.4 Å². The molecule has 0 spiro atoms. The average molecular weight is 332 g/mol. The van der Waals surface area contributed by atoms with E-state index in [-0.39, 0.29) is 6.42 Å². The van der Waals surface area contributed by atoms with Gasteiger partial charge in [0, 0.05) is 11.4 Å². The maximum atomic E-state index is 11.0. The second-order valence-corrected chi connectivity index (χ2v) is 5.83. The van der Waals surface area contributed by atoms with Crippen LogP contribution in [0, 0.1) is 0 Å². The molecule has 0 fully saturated rings. The Kier molecular flexibility index (Phi) is 7.45. The van der Waals surface area contributed by atoms with E-state index in [9.17, 15) is 4.79 Å². The van der Waals surface area contributed by atoms with E-state index in [2.05, 4.69) is 16.9 Å². The highest BCUT2D eigenvalue weighted by molar-refractivity contribution is 7.97. The van der Waals surface area contributed by atoms with Crippen LogP contribution in [0.1, 0.15) is 12.0 Å². The molecule has 5 nitrogen and oxygen atoms in total. The van der Waals surface area contributed by atoms with Gasteiger partial charge in [0.2, 0.25) is 5.91 Å². The minimum atomic E-state index is -0.430. The molecule has 0 aromatic heterocycles. The summed E-state index contributed by atoms with van der Waals surface area (Å²) in [5.74, 6) is 0.342. The lowest BCUT2D eigenvalue weighted by atomic mass is 10.1. The summed E-state index contributed by atoms with van der Waals surface area (Å²) in [6.45, 7) is 1.48. The minimum absolute atomic E-state index is 0.150. The molecule has 0 aliphatic heterocycles. The van der Waals surface area contributed by atoms with Crippen LogP contribution in [0.2, 0.25) is 0 Å². The lowest BCUT2D eigenvalue weighted by molar-refractivity contribution is -0.128. The molecule has 0 saturated heterocycles. The van der Waals surface area contributed by atoms with Gasteiger partial charge in [-0.2, -0.15) is 0 Å². The van der Waals surface area contributed by atoms with Crippen molar-refractivity contribution < 1.29 is 14.7 Å². The molecule has 0 atom stereocenters. The molecule has 2 aromatic rings. The standard InChI is InChI=1S/C17H20N2O3S/c20-17(19-21)13-14-7-9-15(10-8-14)22-12-4-11-18-23-16-5-2-1-3-6-16/h1-3,5-10,18,21H,4,11-13H2,(H,19,20). The fourth-order valence-electron chi connectivity index (χ4n) is 1.89. The van der Waals surface area contributed by atoms with Crippen LogP contribution in [0.4, 0.5) is 0 Å². The first-order chi connectivity index (χ1) is 11.3. The normalized spacial score (nSPS) is 10.3. The zero-order chi connectivity index (χ0) is 16.3. The van der Waals surface area contributed by atoms with Crippen molar-refractivity contribution in [2.24, 2.45) is 0 Å². The van der Waals surface area contributed by atoms with Crippen LogP contribution in [0.3, 0.4) is 0 Å². The minimum Gasteiger partial charge on any atom is -0.494 e. The van der Waals surface area contributed by atoms with E-state index in [1.165, 1.54) is 4.90 Å². The molecule has 6 heteroatoms. The summed E-state index contributed by atoms with van der Waals surface area (Å²) in [5, 5.41) is 8.48. The molecular formula is C17H20N2O3S. The van der Waals surface area contributed by atoms with Gasteiger partial charge in [0.25, 0.3) is 0 Å². The highest BCUT2D eigenvalue weighted by Crippen LogP contribution is 2.14. The van der Waals surface area contributed by atoms with Gasteiger partial charge >= 0.3 is 0 Å². The molecule has 2 rings (SSSR count). The van der Waals surface area contributed by atoms with Crippen molar-refractivity contribution in [3.05, 3.63) is 60.2 Å². The summed E-state index contributed by atoms with van der Waals surface area (Å²) in [6, 6.07) is 17.4. The molecule has 0 heterocycles. The summed E-state index contributed by atoms with van der Waals surface area (Å²) in [7, 11) is 0. The van der Waals surface area contributed by atoms with Crippen LogP contribution >= 0.6 is 11.9 Å². The van der Waals surface area contributed by atoms with Crippen molar-refractivity contribution in [1.82, 2.24) is 10.2 Å². The van der Waals surface area contributed by atoms with Gasteiger partial charge in [-0.15, -0.1) is 0 Å². The summed E-state index contributed by atoms with van der Waals surface area (Å²) in [5.41, 5.74) is 2.44. The number of ether oxygens (including phenoxy) is 1. The third kappa shape index (κ3) is 6.73. The van der Waals surface area contributed by atoms with Crippen LogP contribution in [0.5, 0.6) is 5.75 Å². The Hall–Kier alpha value is -2.02. The van der Waals surface area contributed by atoms with Crippen molar-refractivity contribution in [2.45, 2.75) is 17.7 Å². The fourth-order valence-corrected chi connectivity index (χ4v) is 2.59. The van der Waals surface area contributed by atoms with E-state index < -0.39 is 5.91 Å². The number of nitrogens with one attached hydrogen (secondary N) is 2. The maximum Gasteiger partial charge on any atom is 0.247 e. The average Bonchev–Trinajstić information content (AvgIpc) is 2.60. The fraction of sp³-hybridized carbons (Fsp3) is 0.235. The lowest BCUT2D eigenvalue weighted by Gasteiger charge is -2.08. The highest BCUT2D eigenvalue weighted by Gasteiger charge is 2.02. The van der Waals surface area contributed by atoms with Crippen molar-refractivity contribution in [1.29, 1.82) is 0 Å². The van der Waals surface area contributed by atoms with Crippen LogP contribution in [-0.4, -0.2) is 24.3 Å². The Morgan fingerprint density at radius 3 is 2.52 bits per heavy atom. The number of hydroxylamine groups is 1. The van der Waals surface area contributed by atoms with E-state index in [0.29, 0.717) is 6.61 Å². The Labute approximate surface area is 140 Å². The monoisotopic (exact) mass is 332 g/mol. The summed E-state index contributed by atoms with van der Waals surface area (Å²) >= 11 is 1.61. The third-order valence-corrected chi connectivity index (χ3v) is 3.89. The summed E-state index contributed by atoms with van der Waals surface area (Å²) in [6.07, 6.45) is 1.05. The number of carbonyl (C=O) groups excluding carboxylic acids is 1. The molecule has 0 radical (unpaired) electrons. The van der Waals surface area contributed by atoms with Crippen molar-refractivity contribution >= 4 is 17.9 Å². The van der Waals surface area contributed by atoms with Crippen LogP contribution < -0.4 is 14.9 Å². The van der Waals surface area contributed by atoms with Gasteiger partial charge in [0.05, 0.1) is 13.0 Å². The molecule has 2 aromatic carbocycles. The van der Waals surface area contributed by atoms with Crippen molar-refractivity contribution in [2.75, 3.05) is 13.2 Å². The van der Waals surface area contributed by atoms with Crippen molar-refractivity contribution in [3.63, 3.8) is 0 Å². The van der Waals surface area contributed by atoms with E-state index in [0.717, 1.165) is 24.3 Å². The number of carbonyl (C=O) groups is 1. The second-order valence-electron chi connectivity index (χ2n) is 4.87. The predicted octanol–water partition coefficient (Wildman–Crippen LogP) is 2.80. The van der Waals surface area contributed by atoms with Gasteiger partial charge in [0.15, 0.2) is 0 Å². The molecule has 0 saturated carbocycles. The lowest BCUT2D eigenvalue weighted by Crippen LogP contribution is -2.20. The quantitative estimate of drug-likeness (QED) is 0.285. The summed E-state index contributed by atoms with van der Waals surface area (Å²) in [4.78, 5) is 12.2. The number of hydrogen-bond acceptors (Lipinski definition) is 5. The maximum absolute atomic E-state index is 11.0. The first kappa shape index (κ1) is 17.3. The molecular weight excluding hydrogens is 312 g/mol. The SMILES string of the molecule is O=C(Cc1ccc(OCCCNSc2ccccc2)cc1)NO. The van der Waals surface area contributed by atoms with Gasteiger partial charge in [0.1, 0.15) is 5.75 Å². The molecule has 0 unspecified atom stereocenters. The van der Waals surface area contributed by atoms with E-state index in [1.807, 2.05) is 42.5 Å². The van der Waals surface area contributed by atoms with E-state index in [4.69, 9.17) is 9.94 Å². The molecule has 23 heavy (non-hydrogen) atoms. The first-order valence-corrected chi connectivity index (χ1v) is 8.19. The Morgan fingerprint density at radius 1 is 1.09 bits per heavy atom. The summed E-state index contributed by atoms with van der Waals surface area (Å²) < 4.78 is 8.94. The number of amides is 1. The van der Waals surface area contributed by atoms with Crippen molar-refractivity contribution in [3.8, 4) is 5.75 Å². The van der Waals surface area contributed by atoms with Crippen LogP contribution in [0.25, 0.3) is 0 Å². The Balaban J connectivity index is 1.60. The van der Waals surface area contributed by atoms with Gasteiger partial charge in [-0.05, 0) is 48.2 Å². The third-order valence-electron chi connectivity index (χ3n) is 3.04. The van der Waals surface area contributed by atoms with Crippen LogP contribution in [0.15, 0.2) is 59.5 Å².